The summed E-state index contributed by atoms with van der Waals surface area (Å²) in [5.74, 6) is 1.46. The summed E-state index contributed by atoms with van der Waals surface area (Å²) >= 11 is 0. The number of nitriles is 1. The first-order valence-corrected chi connectivity index (χ1v) is 8.45. The molecule has 7 heteroatoms. The van der Waals surface area contributed by atoms with Crippen molar-refractivity contribution in [3.63, 3.8) is 0 Å². The second-order valence-corrected chi connectivity index (χ2v) is 6.25. The molecule has 7 nitrogen and oxygen atoms in total. The van der Waals surface area contributed by atoms with E-state index in [0.29, 0.717) is 28.3 Å². The van der Waals surface area contributed by atoms with E-state index in [1.165, 1.54) is 0 Å². The molecule has 3 aromatic rings. The van der Waals surface area contributed by atoms with Gasteiger partial charge in [0.2, 0.25) is 5.95 Å². The third-order valence-corrected chi connectivity index (χ3v) is 3.93. The van der Waals surface area contributed by atoms with Crippen molar-refractivity contribution < 1.29 is 4.74 Å². The number of pyridine rings is 1. The number of aromatic nitrogens is 3. The number of hydrogen-bond acceptors (Lipinski definition) is 7. The molecule has 0 fully saturated rings. The monoisotopic (exact) mass is 360 g/mol. The minimum Gasteiger partial charge on any atom is -0.497 e. The third kappa shape index (κ3) is 3.96. The molecule has 3 rings (SSSR count). The van der Waals surface area contributed by atoms with Crippen LogP contribution in [-0.2, 0) is 0 Å². The number of hydrogen-bond donors (Lipinski definition) is 2. The molecule has 0 spiro atoms. The molecule has 0 saturated carbocycles. The van der Waals surface area contributed by atoms with Gasteiger partial charge in [0.25, 0.3) is 0 Å². The summed E-state index contributed by atoms with van der Waals surface area (Å²) in [5, 5.41) is 12.7. The summed E-state index contributed by atoms with van der Waals surface area (Å²) in [6.45, 7) is 4.02. The van der Waals surface area contributed by atoms with E-state index in [0.717, 1.165) is 11.3 Å². The molecule has 0 atom stereocenters. The molecule has 27 heavy (non-hydrogen) atoms. The largest absolute Gasteiger partial charge is 0.497 e. The van der Waals surface area contributed by atoms with Gasteiger partial charge < -0.3 is 15.8 Å². The Morgan fingerprint density at radius 3 is 2.33 bits per heavy atom. The second-order valence-electron chi connectivity index (χ2n) is 6.25. The Hall–Kier alpha value is -3.66. The van der Waals surface area contributed by atoms with Gasteiger partial charge in [-0.25, -0.2) is 15.0 Å². The lowest BCUT2D eigenvalue weighted by molar-refractivity contribution is 0.415. The quantitative estimate of drug-likeness (QED) is 0.716. The number of methoxy groups -OCH3 is 1. The highest BCUT2D eigenvalue weighted by Crippen LogP contribution is 2.31. The molecule has 0 aliphatic heterocycles. The van der Waals surface area contributed by atoms with Gasteiger partial charge in [-0.1, -0.05) is 0 Å². The molecule has 0 aliphatic carbocycles. The Morgan fingerprint density at radius 1 is 1.11 bits per heavy atom. The van der Waals surface area contributed by atoms with Crippen molar-refractivity contribution in [3.8, 4) is 34.2 Å². The molecule has 0 amide bonds. The maximum atomic E-state index is 9.52. The lowest BCUT2D eigenvalue weighted by Crippen LogP contribution is -2.12. The van der Waals surface area contributed by atoms with Gasteiger partial charge in [-0.3, -0.25) is 0 Å². The SMILES string of the molecule is COc1ccc(-c2cc(-c3cnc(NC(C)C)nc3)c(C#N)c(N)n2)cc1. The van der Waals surface area contributed by atoms with E-state index in [1.807, 2.05) is 44.2 Å². The van der Waals surface area contributed by atoms with Gasteiger partial charge in [-0.05, 0) is 44.2 Å². The molecular weight excluding hydrogens is 340 g/mol. The summed E-state index contributed by atoms with van der Waals surface area (Å²) in [4.78, 5) is 13.0. The predicted molar refractivity (Wildman–Crippen MR) is 105 cm³/mol. The lowest BCUT2D eigenvalue weighted by Gasteiger charge is -2.11. The summed E-state index contributed by atoms with van der Waals surface area (Å²) < 4.78 is 5.19. The highest BCUT2D eigenvalue weighted by molar-refractivity contribution is 5.79. The van der Waals surface area contributed by atoms with E-state index in [2.05, 4.69) is 26.3 Å². The number of nitrogens with zero attached hydrogens (tertiary/aromatic N) is 4. The molecule has 0 radical (unpaired) electrons. The molecule has 0 saturated heterocycles. The first-order valence-electron chi connectivity index (χ1n) is 8.45. The zero-order valence-corrected chi connectivity index (χ0v) is 15.4. The Bertz CT molecular complexity index is 975. The topological polar surface area (TPSA) is 110 Å². The van der Waals surface area contributed by atoms with Gasteiger partial charge in [0, 0.05) is 35.1 Å². The van der Waals surface area contributed by atoms with Gasteiger partial charge in [0.15, 0.2) is 0 Å². The van der Waals surface area contributed by atoms with Crippen LogP contribution in [0.2, 0.25) is 0 Å². The van der Waals surface area contributed by atoms with Gasteiger partial charge in [0.1, 0.15) is 23.2 Å². The molecule has 2 aromatic heterocycles. The van der Waals surface area contributed by atoms with E-state index in [4.69, 9.17) is 10.5 Å². The van der Waals surface area contributed by atoms with E-state index >= 15 is 0 Å². The molecule has 2 heterocycles. The molecule has 3 N–H and O–H groups in total. The van der Waals surface area contributed by atoms with Gasteiger partial charge in [-0.2, -0.15) is 5.26 Å². The standard InChI is InChI=1S/C20H20N6O/c1-12(2)25-20-23-10-14(11-24-20)16-8-18(26-19(22)17(16)9-21)13-4-6-15(27-3)7-5-13/h4-8,10-12H,1-3H3,(H2,22,26)(H,23,24,25). The van der Waals surface area contributed by atoms with Gasteiger partial charge in [0.05, 0.1) is 12.8 Å². The number of nitrogen functional groups attached to an aromatic ring is 1. The molecular formula is C20H20N6O. The van der Waals surface area contributed by atoms with Crippen LogP contribution in [0.1, 0.15) is 19.4 Å². The van der Waals surface area contributed by atoms with E-state index in [-0.39, 0.29) is 11.9 Å². The molecule has 136 valence electrons. The number of ether oxygens (including phenoxy) is 1. The van der Waals surface area contributed by atoms with Crippen LogP contribution >= 0.6 is 0 Å². The maximum absolute atomic E-state index is 9.52. The van der Waals surface area contributed by atoms with Gasteiger partial charge >= 0.3 is 0 Å². The smallest absolute Gasteiger partial charge is 0.222 e. The van der Waals surface area contributed by atoms with Crippen molar-refractivity contribution in [3.05, 3.63) is 48.3 Å². The molecule has 0 unspecified atom stereocenters. The van der Waals surface area contributed by atoms with Crippen LogP contribution in [-0.4, -0.2) is 28.1 Å². The Balaban J connectivity index is 2.05. The lowest BCUT2D eigenvalue weighted by atomic mass is 10.0. The summed E-state index contributed by atoms with van der Waals surface area (Å²) in [6.07, 6.45) is 3.34. The zero-order chi connectivity index (χ0) is 19.4. The fraction of sp³-hybridized carbons (Fsp3) is 0.200. The van der Waals surface area contributed by atoms with E-state index in [1.54, 1.807) is 19.5 Å². The summed E-state index contributed by atoms with van der Waals surface area (Å²) in [7, 11) is 1.61. The summed E-state index contributed by atoms with van der Waals surface area (Å²) in [5.41, 5.74) is 9.23. The van der Waals surface area contributed by atoms with Crippen LogP contribution in [0.3, 0.4) is 0 Å². The Labute approximate surface area is 157 Å². The van der Waals surface area contributed by atoms with Crippen LogP contribution in [0.5, 0.6) is 5.75 Å². The first kappa shape index (κ1) is 18.1. The minimum absolute atomic E-state index is 0.171. The maximum Gasteiger partial charge on any atom is 0.222 e. The normalized spacial score (nSPS) is 10.5. The average molecular weight is 360 g/mol. The van der Waals surface area contributed by atoms with Crippen molar-refractivity contribution in [2.45, 2.75) is 19.9 Å². The van der Waals surface area contributed by atoms with Crippen LogP contribution < -0.4 is 15.8 Å². The number of rotatable bonds is 5. The number of nitrogens with one attached hydrogen (secondary N) is 1. The van der Waals surface area contributed by atoms with Gasteiger partial charge in [-0.15, -0.1) is 0 Å². The Kier molecular flexibility index (Phi) is 5.18. The summed E-state index contributed by atoms with van der Waals surface area (Å²) in [6, 6.07) is 11.7. The average Bonchev–Trinajstić information content (AvgIpc) is 2.67. The van der Waals surface area contributed by atoms with Crippen LogP contribution in [0.15, 0.2) is 42.7 Å². The van der Waals surface area contributed by atoms with Crippen molar-refractivity contribution >= 4 is 11.8 Å². The van der Waals surface area contributed by atoms with Crippen molar-refractivity contribution in [1.29, 1.82) is 5.26 Å². The molecule has 0 aliphatic rings. The Morgan fingerprint density at radius 2 is 1.78 bits per heavy atom. The first-order chi connectivity index (χ1) is 13.0. The molecule has 0 bridgehead atoms. The van der Waals surface area contributed by atoms with Crippen LogP contribution in [0.4, 0.5) is 11.8 Å². The van der Waals surface area contributed by atoms with Crippen molar-refractivity contribution in [2.24, 2.45) is 0 Å². The van der Waals surface area contributed by atoms with E-state index < -0.39 is 0 Å². The predicted octanol–water partition coefficient (Wildman–Crippen LogP) is 3.49. The zero-order valence-electron chi connectivity index (χ0n) is 15.4. The fourth-order valence-electron chi connectivity index (χ4n) is 2.62. The minimum atomic E-state index is 0.171. The van der Waals surface area contributed by atoms with Crippen molar-refractivity contribution in [2.75, 3.05) is 18.2 Å². The fourth-order valence-corrected chi connectivity index (χ4v) is 2.62. The number of nitrogens with two attached hydrogens (primary N) is 1. The highest BCUT2D eigenvalue weighted by Gasteiger charge is 2.14. The number of benzene rings is 1. The molecule has 1 aromatic carbocycles. The van der Waals surface area contributed by atoms with Crippen LogP contribution in [0.25, 0.3) is 22.4 Å². The second kappa shape index (κ2) is 7.70. The van der Waals surface area contributed by atoms with Crippen LogP contribution in [0, 0.1) is 11.3 Å². The van der Waals surface area contributed by atoms with Crippen molar-refractivity contribution in [1.82, 2.24) is 15.0 Å². The third-order valence-electron chi connectivity index (χ3n) is 3.93. The highest BCUT2D eigenvalue weighted by atomic mass is 16.5. The van der Waals surface area contributed by atoms with E-state index in [9.17, 15) is 5.26 Å². The number of anilines is 2.